The molecule has 30 heavy (non-hydrogen) atoms. The summed E-state index contributed by atoms with van der Waals surface area (Å²) in [6, 6.07) is 7.56. The second-order valence-electron chi connectivity index (χ2n) is 7.23. The molecule has 3 heterocycles. The maximum absolute atomic E-state index is 13.0. The van der Waals surface area contributed by atoms with Crippen LogP contribution < -0.4 is 11.0 Å². The van der Waals surface area contributed by atoms with E-state index in [9.17, 15) is 18.0 Å². The topological polar surface area (TPSA) is 101 Å². The Morgan fingerprint density at radius 1 is 1.13 bits per heavy atom. The van der Waals surface area contributed by atoms with Gasteiger partial charge in [-0.05, 0) is 49.4 Å². The van der Waals surface area contributed by atoms with Crippen LogP contribution in [-0.2, 0) is 10.0 Å². The van der Waals surface area contributed by atoms with E-state index in [0.29, 0.717) is 29.1 Å². The van der Waals surface area contributed by atoms with Gasteiger partial charge in [-0.3, -0.25) is 15.0 Å². The van der Waals surface area contributed by atoms with Crippen LogP contribution in [0.4, 0.5) is 0 Å². The van der Waals surface area contributed by atoms with Gasteiger partial charge in [0.25, 0.3) is 11.5 Å². The van der Waals surface area contributed by atoms with E-state index in [2.05, 4.69) is 10.4 Å². The first kappa shape index (κ1) is 20.7. The number of aromatic nitrogens is 2. The SMILES string of the molecule is Cc1nc2sccc2c(=O)n1NC(=O)c1cccc(S(=O)(=O)N2CCCCCC2)c1. The number of hydrogen-bond acceptors (Lipinski definition) is 6. The summed E-state index contributed by atoms with van der Waals surface area (Å²) in [5, 5.41) is 2.19. The number of benzene rings is 1. The predicted molar refractivity (Wildman–Crippen MR) is 116 cm³/mol. The molecule has 0 spiro atoms. The van der Waals surface area contributed by atoms with Crippen LogP contribution in [0.25, 0.3) is 10.2 Å². The van der Waals surface area contributed by atoms with Crippen molar-refractivity contribution in [1.29, 1.82) is 0 Å². The fourth-order valence-corrected chi connectivity index (χ4v) is 5.91. The predicted octanol–water partition coefficient (Wildman–Crippen LogP) is 2.72. The van der Waals surface area contributed by atoms with E-state index in [-0.39, 0.29) is 16.0 Å². The third-order valence-corrected chi connectivity index (χ3v) is 7.88. The van der Waals surface area contributed by atoms with Crippen molar-refractivity contribution in [2.24, 2.45) is 0 Å². The molecule has 0 saturated carbocycles. The van der Waals surface area contributed by atoms with Gasteiger partial charge < -0.3 is 0 Å². The van der Waals surface area contributed by atoms with E-state index < -0.39 is 15.9 Å². The average molecular weight is 447 g/mol. The van der Waals surface area contributed by atoms with E-state index in [4.69, 9.17) is 0 Å². The van der Waals surface area contributed by atoms with Gasteiger partial charge >= 0.3 is 0 Å². The molecule has 10 heteroatoms. The molecule has 1 N–H and O–H groups in total. The molecular formula is C20H22N4O4S2. The zero-order chi connectivity index (χ0) is 21.3. The van der Waals surface area contributed by atoms with Gasteiger partial charge in [0.1, 0.15) is 10.7 Å². The number of carbonyl (C=O) groups excluding carboxylic acids is 1. The molecule has 158 valence electrons. The summed E-state index contributed by atoms with van der Waals surface area (Å²) in [4.78, 5) is 30.5. The van der Waals surface area contributed by atoms with Gasteiger partial charge in [0.15, 0.2) is 0 Å². The zero-order valence-electron chi connectivity index (χ0n) is 16.5. The van der Waals surface area contributed by atoms with Crippen molar-refractivity contribution in [3.8, 4) is 0 Å². The first-order chi connectivity index (χ1) is 14.4. The molecule has 8 nitrogen and oxygen atoms in total. The molecular weight excluding hydrogens is 424 g/mol. The van der Waals surface area contributed by atoms with E-state index in [1.165, 1.54) is 39.9 Å². The molecule has 0 unspecified atom stereocenters. The summed E-state index contributed by atoms with van der Waals surface area (Å²) in [7, 11) is -3.68. The van der Waals surface area contributed by atoms with Gasteiger partial charge in [-0.1, -0.05) is 18.9 Å². The van der Waals surface area contributed by atoms with Crippen molar-refractivity contribution < 1.29 is 13.2 Å². The minimum atomic E-state index is -3.68. The van der Waals surface area contributed by atoms with Crippen LogP contribution in [0.15, 0.2) is 45.4 Å². The molecule has 1 aromatic carbocycles. The Kier molecular flexibility index (Phi) is 5.72. The lowest BCUT2D eigenvalue weighted by molar-refractivity contribution is 0.101. The Balaban J connectivity index is 1.63. The molecule has 4 rings (SSSR count). The Labute approximate surface area is 178 Å². The second kappa shape index (κ2) is 8.29. The highest BCUT2D eigenvalue weighted by Crippen LogP contribution is 2.21. The van der Waals surface area contributed by atoms with Gasteiger partial charge in [-0.25, -0.2) is 18.1 Å². The quantitative estimate of drug-likeness (QED) is 0.664. The zero-order valence-corrected chi connectivity index (χ0v) is 18.1. The van der Waals surface area contributed by atoms with Crippen molar-refractivity contribution in [3.05, 3.63) is 57.5 Å². The first-order valence-corrected chi connectivity index (χ1v) is 12.1. The van der Waals surface area contributed by atoms with Crippen LogP contribution in [0, 0.1) is 6.92 Å². The maximum atomic E-state index is 13.0. The van der Waals surface area contributed by atoms with E-state index in [0.717, 1.165) is 30.4 Å². The van der Waals surface area contributed by atoms with E-state index >= 15 is 0 Å². The van der Waals surface area contributed by atoms with Crippen molar-refractivity contribution in [2.45, 2.75) is 37.5 Å². The lowest BCUT2D eigenvalue weighted by Crippen LogP contribution is -2.35. The average Bonchev–Trinajstić information content (AvgIpc) is 3.02. The van der Waals surface area contributed by atoms with Crippen molar-refractivity contribution in [1.82, 2.24) is 14.0 Å². The van der Waals surface area contributed by atoms with Gasteiger partial charge in [-0.15, -0.1) is 11.3 Å². The number of carbonyl (C=O) groups is 1. The highest BCUT2D eigenvalue weighted by Gasteiger charge is 2.26. The number of thiophene rings is 1. The Bertz CT molecular complexity index is 1260. The molecule has 1 aliphatic heterocycles. The summed E-state index contributed by atoms with van der Waals surface area (Å²) < 4.78 is 28.6. The largest absolute Gasteiger partial charge is 0.281 e. The fourth-order valence-electron chi connectivity index (χ4n) is 3.54. The van der Waals surface area contributed by atoms with Gasteiger partial charge in [0, 0.05) is 18.7 Å². The van der Waals surface area contributed by atoms with Gasteiger partial charge in [-0.2, -0.15) is 4.31 Å². The number of fused-ring (bicyclic) bond motifs is 1. The normalized spacial score (nSPS) is 15.8. The molecule has 0 atom stereocenters. The molecule has 1 aliphatic rings. The van der Waals surface area contributed by atoms with Crippen LogP contribution in [0.3, 0.4) is 0 Å². The second-order valence-corrected chi connectivity index (χ2v) is 10.1. The molecule has 0 radical (unpaired) electrons. The molecule has 2 aromatic heterocycles. The first-order valence-electron chi connectivity index (χ1n) is 9.76. The van der Waals surface area contributed by atoms with Crippen LogP contribution in [0.2, 0.25) is 0 Å². The number of amides is 1. The van der Waals surface area contributed by atoms with Crippen LogP contribution >= 0.6 is 11.3 Å². The highest BCUT2D eigenvalue weighted by atomic mass is 32.2. The van der Waals surface area contributed by atoms with Gasteiger partial charge in [0.2, 0.25) is 10.0 Å². The molecule has 0 aliphatic carbocycles. The Hall–Kier alpha value is -2.56. The summed E-state index contributed by atoms with van der Waals surface area (Å²) in [6.45, 7) is 2.60. The number of nitrogens with one attached hydrogen (secondary N) is 1. The monoisotopic (exact) mass is 446 g/mol. The minimum absolute atomic E-state index is 0.0764. The van der Waals surface area contributed by atoms with E-state index in [1.807, 2.05) is 0 Å². The lowest BCUT2D eigenvalue weighted by atomic mass is 10.2. The number of aryl methyl sites for hydroxylation is 1. The summed E-state index contributed by atoms with van der Waals surface area (Å²) >= 11 is 1.35. The number of hydrogen-bond donors (Lipinski definition) is 1. The standard InChI is InChI=1S/C20H22N4O4S2/c1-14-21-19-17(9-12-29-19)20(26)24(14)22-18(25)15-7-6-8-16(13-15)30(27,28)23-10-4-2-3-5-11-23/h6-9,12-13H,2-5,10-11H2,1H3,(H,22,25). The van der Waals surface area contributed by atoms with Crippen LogP contribution in [-0.4, -0.2) is 41.4 Å². The van der Waals surface area contributed by atoms with Crippen molar-refractivity contribution >= 4 is 37.5 Å². The van der Waals surface area contributed by atoms with Gasteiger partial charge in [0.05, 0.1) is 10.3 Å². The summed E-state index contributed by atoms with van der Waals surface area (Å²) in [5.41, 5.74) is 2.32. The molecule has 3 aromatic rings. The number of rotatable bonds is 4. The lowest BCUT2D eigenvalue weighted by Gasteiger charge is -2.20. The summed E-state index contributed by atoms with van der Waals surface area (Å²) in [6.07, 6.45) is 3.70. The highest BCUT2D eigenvalue weighted by molar-refractivity contribution is 7.89. The Morgan fingerprint density at radius 3 is 2.60 bits per heavy atom. The molecule has 0 bridgehead atoms. The number of nitrogens with zero attached hydrogens (tertiary/aromatic N) is 3. The van der Waals surface area contributed by atoms with Crippen LogP contribution in [0.5, 0.6) is 0 Å². The molecule has 1 fully saturated rings. The maximum Gasteiger partial charge on any atom is 0.281 e. The third-order valence-electron chi connectivity index (χ3n) is 5.18. The number of sulfonamides is 1. The molecule has 1 amide bonds. The third kappa shape index (κ3) is 3.90. The van der Waals surface area contributed by atoms with E-state index in [1.54, 1.807) is 18.4 Å². The van der Waals surface area contributed by atoms with Crippen molar-refractivity contribution in [2.75, 3.05) is 18.5 Å². The molecule has 1 saturated heterocycles. The summed E-state index contributed by atoms with van der Waals surface area (Å²) in [5.74, 6) is -0.235. The van der Waals surface area contributed by atoms with Crippen molar-refractivity contribution in [3.63, 3.8) is 0 Å². The van der Waals surface area contributed by atoms with Crippen LogP contribution in [0.1, 0.15) is 41.9 Å². The fraction of sp³-hybridized carbons (Fsp3) is 0.350. The Morgan fingerprint density at radius 2 is 1.87 bits per heavy atom. The minimum Gasteiger partial charge on any atom is -0.267 e. The smallest absolute Gasteiger partial charge is 0.267 e.